The molecule has 0 radical (unpaired) electrons. The van der Waals surface area contributed by atoms with E-state index in [0.29, 0.717) is 11.6 Å². The molecular formula is C9H9N5S. The van der Waals surface area contributed by atoms with Crippen LogP contribution in [0.1, 0.15) is 11.4 Å². The van der Waals surface area contributed by atoms with E-state index in [4.69, 9.17) is 18.0 Å². The van der Waals surface area contributed by atoms with Crippen LogP contribution in [0.4, 0.5) is 0 Å². The van der Waals surface area contributed by atoms with Gasteiger partial charge in [-0.15, -0.1) is 0 Å². The van der Waals surface area contributed by atoms with Crippen molar-refractivity contribution in [2.45, 2.75) is 6.92 Å². The molecule has 0 saturated carbocycles. The number of aromatic nitrogens is 4. The standard InChI is InChI=1S/C9H9N5S/c1-6-4-7(8(10)15)13-9(12-6)14-3-2-11-5-14/h2-5H,1H3,(H2,10,15). The van der Waals surface area contributed by atoms with Crippen molar-refractivity contribution in [2.75, 3.05) is 0 Å². The number of thiocarbonyl (C=S) groups is 1. The lowest BCUT2D eigenvalue weighted by atomic mass is 10.3. The first-order chi connectivity index (χ1) is 7.16. The third kappa shape index (κ3) is 1.99. The molecule has 2 N–H and O–H groups in total. The topological polar surface area (TPSA) is 69.6 Å². The summed E-state index contributed by atoms with van der Waals surface area (Å²) in [5.41, 5.74) is 6.91. The summed E-state index contributed by atoms with van der Waals surface area (Å²) in [7, 11) is 0. The lowest BCUT2D eigenvalue weighted by Crippen LogP contribution is -2.14. The van der Waals surface area contributed by atoms with Crippen molar-refractivity contribution in [1.82, 2.24) is 19.5 Å². The fourth-order valence-corrected chi connectivity index (χ4v) is 1.28. The van der Waals surface area contributed by atoms with Crippen LogP contribution in [0.3, 0.4) is 0 Å². The Morgan fingerprint density at radius 2 is 2.27 bits per heavy atom. The SMILES string of the molecule is Cc1cc(C(N)=S)nc(-n2ccnc2)n1. The molecule has 15 heavy (non-hydrogen) atoms. The van der Waals surface area contributed by atoms with Crippen molar-refractivity contribution in [3.05, 3.63) is 36.2 Å². The molecule has 6 heteroatoms. The minimum atomic E-state index is 0.266. The van der Waals surface area contributed by atoms with Gasteiger partial charge in [-0.3, -0.25) is 4.57 Å². The van der Waals surface area contributed by atoms with Gasteiger partial charge in [0, 0.05) is 18.1 Å². The Hall–Kier alpha value is -1.82. The van der Waals surface area contributed by atoms with E-state index in [-0.39, 0.29) is 4.99 Å². The molecule has 0 aliphatic rings. The molecule has 2 aromatic rings. The van der Waals surface area contributed by atoms with Crippen LogP contribution in [0, 0.1) is 6.92 Å². The minimum Gasteiger partial charge on any atom is -0.388 e. The first-order valence-corrected chi connectivity index (χ1v) is 4.71. The van der Waals surface area contributed by atoms with E-state index in [2.05, 4.69) is 15.0 Å². The maximum Gasteiger partial charge on any atom is 0.235 e. The van der Waals surface area contributed by atoms with Gasteiger partial charge >= 0.3 is 0 Å². The van der Waals surface area contributed by atoms with E-state index in [1.807, 2.05) is 6.92 Å². The number of hydrogen-bond acceptors (Lipinski definition) is 4. The molecule has 2 rings (SSSR count). The number of nitrogens with zero attached hydrogens (tertiary/aromatic N) is 4. The molecule has 0 saturated heterocycles. The average molecular weight is 219 g/mol. The van der Waals surface area contributed by atoms with Crippen molar-refractivity contribution in [3.8, 4) is 5.95 Å². The number of rotatable bonds is 2. The van der Waals surface area contributed by atoms with Crippen LogP contribution >= 0.6 is 12.2 Å². The van der Waals surface area contributed by atoms with E-state index in [1.54, 1.807) is 29.4 Å². The molecule has 2 aromatic heterocycles. The van der Waals surface area contributed by atoms with Gasteiger partial charge in [-0.1, -0.05) is 12.2 Å². The summed E-state index contributed by atoms with van der Waals surface area (Å²) in [5.74, 6) is 0.523. The Morgan fingerprint density at radius 3 is 2.87 bits per heavy atom. The summed E-state index contributed by atoms with van der Waals surface area (Å²) in [6.07, 6.45) is 5.04. The summed E-state index contributed by atoms with van der Waals surface area (Å²) in [6, 6.07) is 1.75. The fourth-order valence-electron chi connectivity index (χ4n) is 1.17. The van der Waals surface area contributed by atoms with Gasteiger partial charge in [0.25, 0.3) is 0 Å². The lowest BCUT2D eigenvalue weighted by molar-refractivity contribution is 0.905. The Balaban J connectivity index is 2.54. The van der Waals surface area contributed by atoms with Crippen molar-refractivity contribution in [1.29, 1.82) is 0 Å². The number of nitrogens with two attached hydrogens (primary N) is 1. The molecule has 0 spiro atoms. The maximum absolute atomic E-state index is 5.52. The monoisotopic (exact) mass is 219 g/mol. The molecule has 0 fully saturated rings. The first-order valence-electron chi connectivity index (χ1n) is 4.30. The number of aryl methyl sites for hydroxylation is 1. The second-order valence-corrected chi connectivity index (χ2v) is 3.47. The van der Waals surface area contributed by atoms with Gasteiger partial charge in [-0.2, -0.15) is 0 Å². The van der Waals surface area contributed by atoms with E-state index >= 15 is 0 Å². The molecule has 0 unspecified atom stereocenters. The van der Waals surface area contributed by atoms with Crippen molar-refractivity contribution in [2.24, 2.45) is 5.73 Å². The second-order valence-electron chi connectivity index (χ2n) is 3.03. The van der Waals surface area contributed by atoms with Gasteiger partial charge in [0.1, 0.15) is 17.0 Å². The molecule has 2 heterocycles. The molecule has 0 bridgehead atoms. The first kappa shape index (κ1) is 9.72. The van der Waals surface area contributed by atoms with Gasteiger partial charge in [0.2, 0.25) is 5.95 Å². The summed E-state index contributed by atoms with van der Waals surface area (Å²) in [6.45, 7) is 1.86. The summed E-state index contributed by atoms with van der Waals surface area (Å²) in [4.78, 5) is 12.7. The highest BCUT2D eigenvalue weighted by molar-refractivity contribution is 7.80. The van der Waals surface area contributed by atoms with Gasteiger partial charge in [0.15, 0.2) is 0 Å². The van der Waals surface area contributed by atoms with Crippen molar-refractivity contribution >= 4 is 17.2 Å². The second kappa shape index (κ2) is 3.74. The molecule has 0 amide bonds. The van der Waals surface area contributed by atoms with E-state index < -0.39 is 0 Å². The van der Waals surface area contributed by atoms with Crippen LogP contribution < -0.4 is 5.73 Å². The Labute approximate surface area is 92.0 Å². The largest absolute Gasteiger partial charge is 0.388 e. The quantitative estimate of drug-likeness (QED) is 0.749. The highest BCUT2D eigenvalue weighted by atomic mass is 32.1. The third-order valence-corrected chi connectivity index (χ3v) is 2.04. The molecule has 0 aliphatic heterocycles. The Kier molecular flexibility index (Phi) is 2.42. The van der Waals surface area contributed by atoms with Gasteiger partial charge in [-0.25, -0.2) is 15.0 Å². The Morgan fingerprint density at radius 1 is 1.47 bits per heavy atom. The van der Waals surface area contributed by atoms with Crippen molar-refractivity contribution < 1.29 is 0 Å². The molecule has 0 atom stereocenters. The van der Waals surface area contributed by atoms with Crippen molar-refractivity contribution in [3.63, 3.8) is 0 Å². The molecular weight excluding hydrogens is 210 g/mol. The highest BCUT2D eigenvalue weighted by Crippen LogP contribution is 2.04. The van der Waals surface area contributed by atoms with Gasteiger partial charge in [0.05, 0.1) is 0 Å². The molecule has 0 aromatic carbocycles. The van der Waals surface area contributed by atoms with Crippen LogP contribution in [0.2, 0.25) is 0 Å². The summed E-state index contributed by atoms with van der Waals surface area (Å²) in [5, 5.41) is 0. The van der Waals surface area contributed by atoms with Crippen LogP contribution in [0.15, 0.2) is 24.8 Å². The van der Waals surface area contributed by atoms with Crippen LogP contribution in [0.25, 0.3) is 5.95 Å². The highest BCUT2D eigenvalue weighted by Gasteiger charge is 2.05. The van der Waals surface area contributed by atoms with Gasteiger partial charge < -0.3 is 5.73 Å². The van der Waals surface area contributed by atoms with E-state index in [0.717, 1.165) is 5.69 Å². The zero-order valence-corrected chi connectivity index (χ0v) is 8.90. The normalized spacial score (nSPS) is 10.2. The third-order valence-electron chi connectivity index (χ3n) is 1.83. The molecule has 0 aliphatic carbocycles. The zero-order chi connectivity index (χ0) is 10.8. The van der Waals surface area contributed by atoms with Crippen LogP contribution in [0.5, 0.6) is 0 Å². The summed E-state index contributed by atoms with van der Waals surface area (Å²) >= 11 is 4.87. The van der Waals surface area contributed by atoms with E-state index in [1.165, 1.54) is 0 Å². The van der Waals surface area contributed by atoms with E-state index in [9.17, 15) is 0 Å². The maximum atomic E-state index is 5.52. The molecule has 76 valence electrons. The zero-order valence-electron chi connectivity index (χ0n) is 8.08. The van der Waals surface area contributed by atoms with Crippen LogP contribution in [-0.4, -0.2) is 24.5 Å². The van der Waals surface area contributed by atoms with Crippen LogP contribution in [-0.2, 0) is 0 Å². The smallest absolute Gasteiger partial charge is 0.235 e. The molecule has 5 nitrogen and oxygen atoms in total. The lowest BCUT2D eigenvalue weighted by Gasteiger charge is -2.04. The number of hydrogen-bond donors (Lipinski definition) is 1. The predicted octanol–water partition coefficient (Wildman–Crippen LogP) is 0.605. The average Bonchev–Trinajstić information content (AvgIpc) is 2.69. The fraction of sp³-hybridized carbons (Fsp3) is 0.111. The number of imidazole rings is 1. The minimum absolute atomic E-state index is 0.266. The Bertz CT molecular complexity index is 491. The predicted molar refractivity (Wildman–Crippen MR) is 59.8 cm³/mol. The van der Waals surface area contributed by atoms with Gasteiger partial charge in [-0.05, 0) is 13.0 Å². The summed E-state index contributed by atoms with van der Waals surface area (Å²) < 4.78 is 1.70.